The van der Waals surface area contributed by atoms with Crippen molar-refractivity contribution in [2.75, 3.05) is 25.0 Å². The number of benzene rings is 1. The van der Waals surface area contributed by atoms with Crippen molar-refractivity contribution in [3.05, 3.63) is 46.3 Å². The van der Waals surface area contributed by atoms with E-state index in [9.17, 15) is 0 Å². The fourth-order valence-corrected chi connectivity index (χ4v) is 4.32. The third kappa shape index (κ3) is 3.91. The van der Waals surface area contributed by atoms with E-state index in [2.05, 4.69) is 48.8 Å². The number of halogens is 1. The Morgan fingerprint density at radius 1 is 1.32 bits per heavy atom. The fourth-order valence-electron chi connectivity index (χ4n) is 4.06. The Kier molecular flexibility index (Phi) is 5.99. The summed E-state index contributed by atoms with van der Waals surface area (Å²) in [4.78, 5) is 22.0. The molecule has 1 aliphatic heterocycles. The molecular weight excluding hydrogens is 414 g/mol. The van der Waals surface area contributed by atoms with Crippen LogP contribution < -0.4 is 10.1 Å². The summed E-state index contributed by atoms with van der Waals surface area (Å²) in [7, 11) is 0. The van der Waals surface area contributed by atoms with E-state index in [4.69, 9.17) is 22.9 Å². The zero-order valence-corrected chi connectivity index (χ0v) is 18.9. The third-order valence-electron chi connectivity index (χ3n) is 5.76. The van der Waals surface area contributed by atoms with Gasteiger partial charge in [0.1, 0.15) is 17.6 Å². The molecular formula is C22H26ClN7O. The number of nitrogens with one attached hydrogen (secondary N) is 2. The molecule has 4 rings (SSSR count). The predicted octanol–water partition coefficient (Wildman–Crippen LogP) is 4.94. The molecule has 1 unspecified atom stereocenters. The average molecular weight is 440 g/mol. The summed E-state index contributed by atoms with van der Waals surface area (Å²) in [5.41, 5.74) is 3.65. The van der Waals surface area contributed by atoms with Crippen LogP contribution >= 0.6 is 11.6 Å². The van der Waals surface area contributed by atoms with Crippen molar-refractivity contribution in [2.45, 2.75) is 45.7 Å². The van der Waals surface area contributed by atoms with Gasteiger partial charge in [-0.3, -0.25) is 4.90 Å². The van der Waals surface area contributed by atoms with Crippen molar-refractivity contribution in [2.24, 2.45) is 0 Å². The Hall–Kier alpha value is -2.89. The Morgan fingerprint density at radius 3 is 2.77 bits per heavy atom. The molecule has 162 valence electrons. The molecule has 1 atom stereocenters. The Bertz CT molecular complexity index is 1130. The van der Waals surface area contributed by atoms with Crippen LogP contribution in [0, 0.1) is 6.57 Å². The molecule has 8 nitrogen and oxygen atoms in total. The van der Waals surface area contributed by atoms with Crippen molar-refractivity contribution < 1.29 is 4.74 Å². The lowest BCUT2D eigenvalue weighted by Crippen LogP contribution is -2.48. The number of aromatic amines is 1. The van der Waals surface area contributed by atoms with Crippen LogP contribution in [0.5, 0.6) is 5.75 Å². The van der Waals surface area contributed by atoms with Crippen LogP contribution in [0.3, 0.4) is 0 Å². The van der Waals surface area contributed by atoms with Crippen LogP contribution in [0.25, 0.3) is 16.0 Å². The largest absolute Gasteiger partial charge is 0.495 e. The highest BCUT2D eigenvalue weighted by Crippen LogP contribution is 2.48. The Morgan fingerprint density at radius 2 is 2.10 bits per heavy atom. The van der Waals surface area contributed by atoms with Gasteiger partial charge in [0.2, 0.25) is 5.69 Å². The predicted molar refractivity (Wildman–Crippen MR) is 122 cm³/mol. The van der Waals surface area contributed by atoms with E-state index in [0.717, 1.165) is 35.5 Å². The van der Waals surface area contributed by atoms with Crippen molar-refractivity contribution in [1.82, 2.24) is 24.8 Å². The van der Waals surface area contributed by atoms with E-state index in [1.165, 1.54) is 6.33 Å². The lowest BCUT2D eigenvalue weighted by Gasteiger charge is -2.43. The molecule has 0 bridgehead atoms. The Labute approximate surface area is 186 Å². The molecule has 1 saturated heterocycles. The molecule has 2 N–H and O–H groups in total. The first kappa shape index (κ1) is 21.3. The molecule has 0 spiro atoms. The van der Waals surface area contributed by atoms with Gasteiger partial charge in [-0.25, -0.2) is 19.8 Å². The molecule has 0 radical (unpaired) electrons. The van der Waals surface area contributed by atoms with Crippen molar-refractivity contribution in [3.63, 3.8) is 0 Å². The monoisotopic (exact) mass is 439 g/mol. The third-order valence-corrected chi connectivity index (χ3v) is 6.05. The van der Waals surface area contributed by atoms with Crippen LogP contribution in [-0.2, 0) is 0 Å². The summed E-state index contributed by atoms with van der Waals surface area (Å²) in [5.74, 6) is 1.62. The molecule has 9 heteroatoms. The molecule has 0 saturated carbocycles. The highest BCUT2D eigenvalue weighted by Gasteiger charge is 2.36. The van der Waals surface area contributed by atoms with Gasteiger partial charge in [-0.1, -0.05) is 11.6 Å². The van der Waals surface area contributed by atoms with Gasteiger partial charge in [-0.15, -0.1) is 0 Å². The van der Waals surface area contributed by atoms with Crippen LogP contribution in [0.2, 0.25) is 5.02 Å². The van der Waals surface area contributed by atoms with Gasteiger partial charge in [0, 0.05) is 41.2 Å². The van der Waals surface area contributed by atoms with Crippen LogP contribution in [0.4, 0.5) is 11.5 Å². The van der Waals surface area contributed by atoms with Gasteiger partial charge in [0.25, 0.3) is 0 Å². The molecule has 0 aliphatic carbocycles. The highest BCUT2D eigenvalue weighted by molar-refractivity contribution is 6.33. The number of hydrogen-bond acceptors (Lipinski definition) is 6. The minimum absolute atomic E-state index is 0.166. The molecule has 0 amide bonds. The molecule has 1 aromatic carbocycles. The lowest BCUT2D eigenvalue weighted by atomic mass is 9.86. The van der Waals surface area contributed by atoms with Crippen molar-refractivity contribution in [1.29, 1.82) is 0 Å². The normalized spacial score (nSPS) is 15.6. The maximum Gasteiger partial charge on any atom is 0.212 e. The maximum absolute atomic E-state index is 7.74. The average Bonchev–Trinajstić information content (AvgIpc) is 3.18. The molecule has 31 heavy (non-hydrogen) atoms. The molecule has 3 heterocycles. The number of H-pyrrole nitrogens is 1. The second-order valence-corrected chi connectivity index (χ2v) is 8.43. The molecule has 2 aromatic heterocycles. The smallest absolute Gasteiger partial charge is 0.212 e. The first-order valence-electron chi connectivity index (χ1n) is 10.5. The number of fused-ring (bicyclic) bond motifs is 1. The topological polar surface area (TPSA) is 83.3 Å². The Balaban J connectivity index is 1.75. The number of anilines is 1. The standard InChI is InChI=1S/C22H26ClN7O/c1-6-31-20-15(13(4)29-22-19-21(26-10-25-19)27-11-28-22)7-16(23)18(24-5)17(20)14-8-30(9-14)12(2)3/h7,10-14H,6,8-9H2,1-4H3,(H2,25,26,27,28,29). The van der Waals surface area contributed by atoms with Crippen molar-refractivity contribution >= 4 is 34.3 Å². The second-order valence-electron chi connectivity index (χ2n) is 8.02. The van der Waals surface area contributed by atoms with Crippen LogP contribution in [-0.4, -0.2) is 50.6 Å². The van der Waals surface area contributed by atoms with Crippen LogP contribution in [0.1, 0.15) is 50.8 Å². The van der Waals surface area contributed by atoms with Gasteiger partial charge in [-0.05, 0) is 33.8 Å². The number of hydrogen-bond donors (Lipinski definition) is 2. The lowest BCUT2D eigenvalue weighted by molar-refractivity contribution is 0.108. The van der Waals surface area contributed by atoms with Gasteiger partial charge in [0.05, 0.1) is 25.5 Å². The maximum atomic E-state index is 7.74. The molecule has 1 fully saturated rings. The number of imidazole rings is 1. The summed E-state index contributed by atoms with van der Waals surface area (Å²) in [6.45, 7) is 18.4. The second kappa shape index (κ2) is 8.69. The van der Waals surface area contributed by atoms with Crippen molar-refractivity contribution in [3.8, 4) is 5.75 Å². The number of nitrogens with zero attached hydrogens (tertiary/aromatic N) is 5. The van der Waals surface area contributed by atoms with E-state index >= 15 is 0 Å². The van der Waals surface area contributed by atoms with Gasteiger partial charge in [-0.2, -0.15) is 0 Å². The zero-order valence-electron chi connectivity index (χ0n) is 18.1. The minimum atomic E-state index is -0.166. The summed E-state index contributed by atoms with van der Waals surface area (Å²) >= 11 is 6.60. The van der Waals surface area contributed by atoms with Crippen LogP contribution in [0.15, 0.2) is 18.7 Å². The van der Waals surface area contributed by atoms with E-state index < -0.39 is 0 Å². The van der Waals surface area contributed by atoms with E-state index in [-0.39, 0.29) is 12.0 Å². The van der Waals surface area contributed by atoms with Gasteiger partial charge >= 0.3 is 0 Å². The first-order chi connectivity index (χ1) is 14.9. The first-order valence-corrected chi connectivity index (χ1v) is 10.8. The van der Waals surface area contributed by atoms with Gasteiger partial charge in [0.15, 0.2) is 11.5 Å². The fraction of sp³-hybridized carbons (Fsp3) is 0.455. The highest BCUT2D eigenvalue weighted by atomic mass is 35.5. The number of ether oxygens (including phenoxy) is 1. The summed E-state index contributed by atoms with van der Waals surface area (Å²) < 4.78 is 6.14. The molecule has 1 aliphatic rings. The van der Waals surface area contributed by atoms with E-state index in [1.54, 1.807) is 6.33 Å². The molecule has 3 aromatic rings. The summed E-state index contributed by atoms with van der Waals surface area (Å²) in [6, 6.07) is 2.14. The number of aromatic nitrogens is 4. The quantitative estimate of drug-likeness (QED) is 0.507. The minimum Gasteiger partial charge on any atom is -0.495 e. The summed E-state index contributed by atoms with van der Waals surface area (Å²) in [5, 5.41) is 3.88. The number of likely N-dealkylation sites (tertiary alicyclic amines) is 1. The van der Waals surface area contributed by atoms with Gasteiger partial charge < -0.3 is 15.0 Å². The summed E-state index contributed by atoms with van der Waals surface area (Å²) in [6.07, 6.45) is 3.08. The zero-order chi connectivity index (χ0) is 22.1. The van der Waals surface area contributed by atoms with E-state index in [0.29, 0.717) is 34.8 Å². The number of rotatable bonds is 7. The van der Waals surface area contributed by atoms with E-state index in [1.807, 2.05) is 19.9 Å². The SMILES string of the molecule is [C-]#[N+]c1c(Cl)cc(C(C)Nc2ncnc3nc[nH]c23)c(OCC)c1C1CN(C(C)C)C1.